The molecule has 0 aliphatic carbocycles. The second-order valence-corrected chi connectivity index (χ2v) is 7.80. The lowest BCUT2D eigenvalue weighted by atomic mass is 9.93. The van der Waals surface area contributed by atoms with Gasteiger partial charge in [0, 0.05) is 25.2 Å². The highest BCUT2D eigenvalue weighted by atomic mass is 16.2. The zero-order chi connectivity index (χ0) is 20.2. The maximum atomic E-state index is 12.9. The molecule has 146 valence electrons. The number of carbonyl (C=O) groups excluding carboxylic acids is 3. The molecule has 2 rings (SSSR count). The van der Waals surface area contributed by atoms with Crippen LogP contribution in [0.25, 0.3) is 6.08 Å². The third-order valence-corrected chi connectivity index (χ3v) is 4.42. The largest absolute Gasteiger partial charge is 0.350 e. The van der Waals surface area contributed by atoms with Gasteiger partial charge in [-0.2, -0.15) is 0 Å². The molecule has 6 nitrogen and oxygen atoms in total. The van der Waals surface area contributed by atoms with Crippen LogP contribution in [-0.4, -0.2) is 46.1 Å². The third-order valence-electron chi connectivity index (χ3n) is 4.42. The summed E-state index contributed by atoms with van der Waals surface area (Å²) >= 11 is 0. The van der Waals surface area contributed by atoms with E-state index in [1.54, 1.807) is 11.1 Å². The molecule has 1 aromatic carbocycles. The van der Waals surface area contributed by atoms with Crippen LogP contribution >= 0.6 is 0 Å². The van der Waals surface area contributed by atoms with E-state index in [2.05, 4.69) is 5.32 Å². The molecule has 1 aliphatic rings. The Morgan fingerprint density at radius 2 is 1.85 bits per heavy atom. The predicted molar refractivity (Wildman–Crippen MR) is 106 cm³/mol. The van der Waals surface area contributed by atoms with Crippen LogP contribution in [0.15, 0.2) is 30.5 Å². The zero-order valence-electron chi connectivity index (χ0n) is 16.8. The highest BCUT2D eigenvalue weighted by Gasteiger charge is 2.30. The summed E-state index contributed by atoms with van der Waals surface area (Å²) in [6.07, 6.45) is 3.74. The molecule has 1 N–H and O–H groups in total. The second-order valence-electron chi connectivity index (χ2n) is 7.80. The standard InChI is InChI=1S/C21H29N3O3/c1-6-23(14-19(26)22-21(3,4)5)20(27)13-18-17-10-8-7-9-16(17)11-12-24(18)15(2)25/h7-12,18H,6,13-14H2,1-5H3,(H,22,26). The fourth-order valence-corrected chi connectivity index (χ4v) is 3.22. The van der Waals surface area contributed by atoms with Crippen molar-refractivity contribution < 1.29 is 14.4 Å². The van der Waals surface area contributed by atoms with Crippen LogP contribution in [0, 0.1) is 0 Å². The van der Waals surface area contributed by atoms with Gasteiger partial charge in [-0.15, -0.1) is 0 Å². The van der Waals surface area contributed by atoms with Crippen LogP contribution < -0.4 is 5.32 Å². The molecule has 0 radical (unpaired) electrons. The van der Waals surface area contributed by atoms with E-state index >= 15 is 0 Å². The quantitative estimate of drug-likeness (QED) is 0.865. The number of nitrogens with one attached hydrogen (secondary N) is 1. The third kappa shape index (κ3) is 5.42. The summed E-state index contributed by atoms with van der Waals surface area (Å²) < 4.78 is 0. The number of nitrogens with zero attached hydrogens (tertiary/aromatic N) is 2. The van der Waals surface area contributed by atoms with Gasteiger partial charge in [0.25, 0.3) is 0 Å². The van der Waals surface area contributed by atoms with E-state index < -0.39 is 0 Å². The van der Waals surface area contributed by atoms with Crippen molar-refractivity contribution in [2.45, 2.75) is 52.6 Å². The van der Waals surface area contributed by atoms with E-state index in [1.165, 1.54) is 11.8 Å². The van der Waals surface area contributed by atoms with Crippen LogP contribution in [0.5, 0.6) is 0 Å². The van der Waals surface area contributed by atoms with Crippen LogP contribution in [0.3, 0.4) is 0 Å². The first-order valence-electron chi connectivity index (χ1n) is 9.27. The van der Waals surface area contributed by atoms with Crippen molar-refractivity contribution in [1.29, 1.82) is 0 Å². The van der Waals surface area contributed by atoms with Crippen molar-refractivity contribution in [3.05, 3.63) is 41.6 Å². The van der Waals surface area contributed by atoms with Crippen molar-refractivity contribution in [2.24, 2.45) is 0 Å². The van der Waals surface area contributed by atoms with E-state index in [-0.39, 0.29) is 42.3 Å². The van der Waals surface area contributed by atoms with Crippen molar-refractivity contribution in [3.63, 3.8) is 0 Å². The van der Waals surface area contributed by atoms with E-state index in [0.717, 1.165) is 11.1 Å². The molecule has 0 saturated carbocycles. The van der Waals surface area contributed by atoms with Crippen molar-refractivity contribution >= 4 is 23.8 Å². The summed E-state index contributed by atoms with van der Waals surface area (Å²) in [6.45, 7) is 9.48. The molecule has 1 unspecified atom stereocenters. The summed E-state index contributed by atoms with van der Waals surface area (Å²) in [4.78, 5) is 40.3. The lowest BCUT2D eigenvalue weighted by molar-refractivity contribution is -0.138. The van der Waals surface area contributed by atoms with Gasteiger partial charge in [-0.05, 0) is 44.9 Å². The van der Waals surface area contributed by atoms with Gasteiger partial charge in [-0.25, -0.2) is 0 Å². The summed E-state index contributed by atoms with van der Waals surface area (Å²) in [7, 11) is 0. The molecule has 0 bridgehead atoms. The fraction of sp³-hybridized carbons (Fsp3) is 0.476. The predicted octanol–water partition coefficient (Wildman–Crippen LogP) is 2.71. The molecule has 0 spiro atoms. The monoisotopic (exact) mass is 371 g/mol. The topological polar surface area (TPSA) is 69.7 Å². The zero-order valence-corrected chi connectivity index (χ0v) is 16.8. The maximum Gasteiger partial charge on any atom is 0.240 e. The number of hydrogen-bond acceptors (Lipinski definition) is 3. The van der Waals surface area contributed by atoms with E-state index in [9.17, 15) is 14.4 Å². The minimum absolute atomic E-state index is 0.0108. The lowest BCUT2D eigenvalue weighted by Crippen LogP contribution is -2.47. The molecule has 0 aromatic heterocycles. The number of hydrogen-bond donors (Lipinski definition) is 1. The van der Waals surface area contributed by atoms with Crippen molar-refractivity contribution in [3.8, 4) is 0 Å². The van der Waals surface area contributed by atoms with Gasteiger partial charge in [0.2, 0.25) is 17.7 Å². The number of benzene rings is 1. The average Bonchev–Trinajstić information content (AvgIpc) is 2.58. The highest BCUT2D eigenvalue weighted by molar-refractivity contribution is 5.86. The molecule has 1 atom stereocenters. The number of fused-ring (bicyclic) bond motifs is 1. The summed E-state index contributed by atoms with van der Waals surface area (Å²) in [6, 6.07) is 7.38. The summed E-state index contributed by atoms with van der Waals surface area (Å²) in [5.74, 6) is -0.458. The average molecular weight is 371 g/mol. The van der Waals surface area contributed by atoms with Gasteiger partial charge in [-0.3, -0.25) is 14.4 Å². The van der Waals surface area contributed by atoms with Crippen molar-refractivity contribution in [1.82, 2.24) is 15.1 Å². The van der Waals surface area contributed by atoms with E-state index in [0.29, 0.717) is 6.54 Å². The van der Waals surface area contributed by atoms with Crippen LogP contribution in [-0.2, 0) is 14.4 Å². The first-order chi connectivity index (χ1) is 12.6. The van der Waals surface area contributed by atoms with Gasteiger partial charge in [0.05, 0.1) is 19.0 Å². The van der Waals surface area contributed by atoms with Crippen molar-refractivity contribution in [2.75, 3.05) is 13.1 Å². The van der Waals surface area contributed by atoms with E-state index in [4.69, 9.17) is 0 Å². The second kappa shape index (κ2) is 8.37. The fourth-order valence-electron chi connectivity index (χ4n) is 3.22. The number of rotatable bonds is 5. The maximum absolute atomic E-state index is 12.9. The number of likely N-dealkylation sites (N-methyl/N-ethyl adjacent to an activating group) is 1. The van der Waals surface area contributed by atoms with Gasteiger partial charge in [-0.1, -0.05) is 24.3 Å². The molecule has 6 heteroatoms. The Bertz CT molecular complexity index is 749. The molecular weight excluding hydrogens is 342 g/mol. The number of amides is 3. The van der Waals surface area contributed by atoms with Gasteiger partial charge in [0.1, 0.15) is 0 Å². The Labute approximate surface area is 161 Å². The molecule has 0 fully saturated rings. The lowest BCUT2D eigenvalue weighted by Gasteiger charge is -2.34. The van der Waals surface area contributed by atoms with Crippen LogP contribution in [0.2, 0.25) is 0 Å². The first-order valence-corrected chi connectivity index (χ1v) is 9.27. The summed E-state index contributed by atoms with van der Waals surface area (Å²) in [5, 5.41) is 2.88. The minimum atomic E-state index is -0.365. The molecule has 0 saturated heterocycles. The molecule has 3 amide bonds. The van der Waals surface area contributed by atoms with Gasteiger partial charge >= 0.3 is 0 Å². The highest BCUT2D eigenvalue weighted by Crippen LogP contribution is 2.33. The molecule has 1 aliphatic heterocycles. The Morgan fingerprint density at radius 3 is 2.44 bits per heavy atom. The minimum Gasteiger partial charge on any atom is -0.350 e. The molecule has 27 heavy (non-hydrogen) atoms. The summed E-state index contributed by atoms with van der Waals surface area (Å²) in [5.41, 5.74) is 1.60. The Balaban J connectivity index is 2.16. The van der Waals surface area contributed by atoms with E-state index in [1.807, 2.05) is 58.0 Å². The molecular formula is C21H29N3O3. The molecule has 1 heterocycles. The molecule has 1 aromatic rings. The number of carbonyl (C=O) groups is 3. The first kappa shape index (κ1) is 20.7. The van der Waals surface area contributed by atoms with Gasteiger partial charge in [0.15, 0.2) is 0 Å². The van der Waals surface area contributed by atoms with Crippen LogP contribution in [0.4, 0.5) is 0 Å². The SMILES string of the molecule is CCN(CC(=O)NC(C)(C)C)C(=O)CC1c2ccccc2C=CN1C(C)=O. The normalized spacial score (nSPS) is 15.9. The van der Waals surface area contributed by atoms with Crippen LogP contribution in [0.1, 0.15) is 58.2 Å². The Hall–Kier alpha value is -2.63. The Kier molecular flexibility index (Phi) is 6.41. The smallest absolute Gasteiger partial charge is 0.240 e. The van der Waals surface area contributed by atoms with Gasteiger partial charge < -0.3 is 15.1 Å². The Morgan fingerprint density at radius 1 is 1.19 bits per heavy atom.